The molecule has 4 rings (SSSR count). The molecule has 9 heteroatoms. The third-order valence-corrected chi connectivity index (χ3v) is 6.48. The van der Waals surface area contributed by atoms with Gasteiger partial charge in [-0.2, -0.15) is 0 Å². The fraction of sp³-hybridized carbons (Fsp3) is 0.722. The monoisotopic (exact) mass is 417 g/mol. The van der Waals surface area contributed by atoms with E-state index in [0.717, 1.165) is 38.4 Å². The van der Waals surface area contributed by atoms with Gasteiger partial charge in [-0.25, -0.2) is 4.98 Å². The highest BCUT2D eigenvalue weighted by Gasteiger charge is 2.70. The number of aromatic nitrogens is 2. The van der Waals surface area contributed by atoms with Crippen LogP contribution in [0.25, 0.3) is 0 Å². The molecule has 2 saturated heterocycles. The van der Waals surface area contributed by atoms with Gasteiger partial charge in [0.1, 0.15) is 11.4 Å². The highest BCUT2D eigenvalue weighted by atomic mass is 35.5. The van der Waals surface area contributed by atoms with Gasteiger partial charge in [0, 0.05) is 56.5 Å². The minimum atomic E-state index is -0.813. The van der Waals surface area contributed by atoms with Crippen LogP contribution < -0.4 is 10.6 Å². The smallest absolute Gasteiger partial charge is 0.243 e. The van der Waals surface area contributed by atoms with Crippen molar-refractivity contribution in [2.45, 2.75) is 38.3 Å². The van der Waals surface area contributed by atoms with Crippen LogP contribution in [0.4, 0.5) is 5.82 Å². The summed E-state index contributed by atoms with van der Waals surface area (Å²) in [5, 5.41) is 0. The van der Waals surface area contributed by atoms with E-state index in [2.05, 4.69) is 28.7 Å². The Morgan fingerprint density at radius 2 is 1.93 bits per heavy atom. The van der Waals surface area contributed by atoms with Gasteiger partial charge in [-0.1, -0.05) is 13.8 Å². The summed E-state index contributed by atoms with van der Waals surface area (Å²) in [5.41, 5.74) is 5.61. The molecule has 2 aliphatic heterocycles. The van der Waals surface area contributed by atoms with Gasteiger partial charge in [0.05, 0.1) is 12.3 Å². The van der Waals surface area contributed by atoms with Crippen LogP contribution in [0, 0.1) is 11.3 Å². The van der Waals surface area contributed by atoms with E-state index in [-0.39, 0.29) is 48.2 Å². The number of fused-ring (bicyclic) bond motifs is 1. The van der Waals surface area contributed by atoms with E-state index in [1.807, 2.05) is 4.90 Å². The van der Waals surface area contributed by atoms with E-state index in [1.165, 1.54) is 0 Å². The molecule has 152 valence electrons. The Labute approximate surface area is 172 Å². The van der Waals surface area contributed by atoms with Crippen LogP contribution in [0.1, 0.15) is 26.7 Å². The third kappa shape index (κ3) is 3.28. The van der Waals surface area contributed by atoms with Crippen molar-refractivity contribution in [3.8, 4) is 0 Å². The van der Waals surface area contributed by atoms with E-state index in [0.29, 0.717) is 13.1 Å². The number of nitrogens with two attached hydrogens (primary N) is 1. The molecule has 0 radical (unpaired) electrons. The molecule has 1 amide bonds. The number of hydrogen-bond acceptors (Lipinski definition) is 6. The number of carbonyl (C=O) groups excluding carboxylic acids is 1. The topological polar surface area (TPSA) is 84.6 Å². The lowest BCUT2D eigenvalue weighted by molar-refractivity contribution is -0.230. The number of piperazine rings is 1. The number of rotatable bonds is 2. The molecule has 7 nitrogen and oxygen atoms in total. The molecule has 3 aliphatic rings. The maximum absolute atomic E-state index is 13.3. The molecule has 0 bridgehead atoms. The van der Waals surface area contributed by atoms with Crippen molar-refractivity contribution in [1.82, 2.24) is 14.9 Å². The van der Waals surface area contributed by atoms with Crippen molar-refractivity contribution in [3.63, 3.8) is 0 Å². The zero-order valence-corrected chi connectivity index (χ0v) is 17.5. The Balaban J connectivity index is 0.00000131. The summed E-state index contributed by atoms with van der Waals surface area (Å²) >= 11 is 0. The average molecular weight is 418 g/mol. The number of anilines is 1. The third-order valence-electron chi connectivity index (χ3n) is 6.48. The Bertz CT molecular complexity index is 654. The van der Waals surface area contributed by atoms with Crippen LogP contribution in [0.2, 0.25) is 0 Å². The highest BCUT2D eigenvalue weighted by Crippen LogP contribution is 2.58. The lowest BCUT2D eigenvalue weighted by atomic mass is 9.46. The van der Waals surface area contributed by atoms with Gasteiger partial charge in [0.25, 0.3) is 0 Å². The van der Waals surface area contributed by atoms with Crippen LogP contribution in [-0.4, -0.2) is 65.2 Å². The maximum atomic E-state index is 13.3. The summed E-state index contributed by atoms with van der Waals surface area (Å²) in [7, 11) is 0. The van der Waals surface area contributed by atoms with Gasteiger partial charge in [0.15, 0.2) is 0 Å². The van der Waals surface area contributed by atoms with Crippen LogP contribution in [-0.2, 0) is 9.53 Å². The summed E-state index contributed by atoms with van der Waals surface area (Å²) in [6.45, 7) is 7.79. The van der Waals surface area contributed by atoms with Gasteiger partial charge in [-0.3, -0.25) is 9.78 Å². The second-order valence-electron chi connectivity index (χ2n) is 7.97. The standard InChI is InChI=1S/C18H27N5O2.2ClH/c1-17(2)15-13(4-3-11-25-15)18(17,19)16(24)23-9-7-22(8-10-23)14-12-20-5-6-21-14;;/h5-6,12-13,15H,3-4,7-11,19H2,1-2H3;2*1H. The first-order valence-electron chi connectivity index (χ1n) is 9.17. The summed E-state index contributed by atoms with van der Waals surface area (Å²) in [6, 6.07) is 0. The fourth-order valence-electron chi connectivity index (χ4n) is 4.86. The minimum Gasteiger partial charge on any atom is -0.377 e. The molecular weight excluding hydrogens is 389 g/mol. The molecule has 1 saturated carbocycles. The zero-order valence-electron chi connectivity index (χ0n) is 15.8. The molecule has 2 N–H and O–H groups in total. The van der Waals surface area contributed by atoms with Crippen molar-refractivity contribution < 1.29 is 9.53 Å². The lowest BCUT2D eigenvalue weighted by Crippen LogP contribution is -2.82. The fourth-order valence-corrected chi connectivity index (χ4v) is 4.86. The van der Waals surface area contributed by atoms with Gasteiger partial charge >= 0.3 is 0 Å². The molecule has 27 heavy (non-hydrogen) atoms. The number of hydrogen-bond donors (Lipinski definition) is 1. The minimum absolute atomic E-state index is 0. The number of amides is 1. The first kappa shape index (κ1) is 22.1. The van der Waals surface area contributed by atoms with Gasteiger partial charge < -0.3 is 20.3 Å². The molecule has 3 unspecified atom stereocenters. The zero-order chi connectivity index (χ0) is 17.7. The number of halogens is 2. The van der Waals surface area contributed by atoms with Crippen LogP contribution in [0.15, 0.2) is 18.6 Å². The molecule has 1 aliphatic carbocycles. The molecule has 3 heterocycles. The van der Waals surface area contributed by atoms with Crippen LogP contribution in [0.3, 0.4) is 0 Å². The quantitative estimate of drug-likeness (QED) is 0.784. The summed E-state index contributed by atoms with van der Waals surface area (Å²) in [4.78, 5) is 25.9. The molecular formula is C18H29Cl2N5O2. The van der Waals surface area contributed by atoms with E-state index in [1.54, 1.807) is 18.6 Å². The van der Waals surface area contributed by atoms with Gasteiger partial charge in [-0.15, -0.1) is 24.8 Å². The molecule has 3 atom stereocenters. The van der Waals surface area contributed by atoms with E-state index in [9.17, 15) is 4.79 Å². The second kappa shape index (κ2) is 8.07. The van der Waals surface area contributed by atoms with Gasteiger partial charge in [-0.05, 0) is 12.8 Å². The van der Waals surface area contributed by atoms with E-state index >= 15 is 0 Å². The van der Waals surface area contributed by atoms with E-state index in [4.69, 9.17) is 10.5 Å². The predicted molar refractivity (Wildman–Crippen MR) is 108 cm³/mol. The molecule has 0 aromatic carbocycles. The van der Waals surface area contributed by atoms with Crippen molar-refractivity contribution in [2.24, 2.45) is 17.1 Å². The average Bonchev–Trinajstić information content (AvgIpc) is 2.67. The Morgan fingerprint density at radius 3 is 2.56 bits per heavy atom. The summed E-state index contributed by atoms with van der Waals surface area (Å²) in [5.74, 6) is 1.09. The lowest BCUT2D eigenvalue weighted by Gasteiger charge is -2.66. The Kier molecular flexibility index (Phi) is 6.62. The number of carbonyl (C=O) groups is 1. The van der Waals surface area contributed by atoms with Crippen molar-refractivity contribution in [3.05, 3.63) is 18.6 Å². The van der Waals surface area contributed by atoms with Crippen LogP contribution in [0.5, 0.6) is 0 Å². The molecule has 1 aromatic heterocycles. The first-order chi connectivity index (χ1) is 12.0. The van der Waals surface area contributed by atoms with Crippen LogP contribution >= 0.6 is 24.8 Å². The first-order valence-corrected chi connectivity index (χ1v) is 9.17. The normalized spacial score (nSPS) is 31.7. The van der Waals surface area contributed by atoms with Gasteiger partial charge in [0.2, 0.25) is 5.91 Å². The predicted octanol–water partition coefficient (Wildman–Crippen LogP) is 1.50. The Morgan fingerprint density at radius 1 is 1.22 bits per heavy atom. The SMILES string of the molecule is CC1(C)C2OCCCC2C1(N)C(=O)N1CCN(c2cnccn2)CC1.Cl.Cl. The molecule has 1 aromatic rings. The summed E-state index contributed by atoms with van der Waals surface area (Å²) < 4.78 is 5.93. The van der Waals surface area contributed by atoms with Crippen molar-refractivity contribution >= 4 is 36.5 Å². The van der Waals surface area contributed by atoms with Crippen molar-refractivity contribution in [2.75, 3.05) is 37.7 Å². The number of nitrogens with zero attached hydrogens (tertiary/aromatic N) is 4. The maximum Gasteiger partial charge on any atom is 0.243 e. The molecule has 3 fully saturated rings. The molecule has 0 spiro atoms. The van der Waals surface area contributed by atoms with Crippen molar-refractivity contribution in [1.29, 1.82) is 0 Å². The van der Waals surface area contributed by atoms with E-state index < -0.39 is 5.54 Å². The largest absolute Gasteiger partial charge is 0.377 e. The summed E-state index contributed by atoms with van der Waals surface area (Å²) in [6.07, 6.45) is 7.21. The Hall–Kier alpha value is -1.15. The second-order valence-corrected chi connectivity index (χ2v) is 7.97. The number of ether oxygens (including phenoxy) is 1. The highest BCUT2D eigenvalue weighted by molar-refractivity contribution is 5.89.